The van der Waals surface area contributed by atoms with Crippen molar-refractivity contribution in [3.05, 3.63) is 100 Å². The lowest BCUT2D eigenvalue weighted by Gasteiger charge is -2.13. The van der Waals surface area contributed by atoms with Gasteiger partial charge in [0.2, 0.25) is 0 Å². The topological polar surface area (TPSA) is 34.1 Å². The molecular weight excluding hydrogens is 420 g/mol. The lowest BCUT2D eigenvalue weighted by atomic mass is 10.0. The van der Waals surface area contributed by atoms with Crippen molar-refractivity contribution in [2.45, 2.75) is 48.0 Å². The minimum Gasteiger partial charge on any atom is -0.223 e. The van der Waals surface area contributed by atoms with Gasteiger partial charge in [-0.15, -0.1) is 11.3 Å². The van der Waals surface area contributed by atoms with E-state index in [0.717, 1.165) is 22.8 Å². The van der Waals surface area contributed by atoms with E-state index in [9.17, 15) is 8.42 Å². The quantitative estimate of drug-likeness (QED) is 0.323. The van der Waals surface area contributed by atoms with E-state index in [4.69, 9.17) is 0 Å². The fraction of sp³-hybridized carbons (Fsp3) is 0.259. The Bertz CT molecular complexity index is 1330. The fourth-order valence-corrected chi connectivity index (χ4v) is 7.68. The minimum absolute atomic E-state index is 0.449. The highest BCUT2D eigenvalue weighted by Crippen LogP contribution is 2.56. The van der Waals surface area contributed by atoms with E-state index in [1.807, 2.05) is 43.3 Å². The zero-order valence-corrected chi connectivity index (χ0v) is 19.4. The molecule has 0 radical (unpaired) electrons. The normalized spacial score (nSPS) is 19.4. The second kappa shape index (κ2) is 7.92. The highest BCUT2D eigenvalue weighted by atomic mass is 32.2. The second-order valence-electron chi connectivity index (χ2n) is 8.71. The first-order valence-corrected chi connectivity index (χ1v) is 13.2. The van der Waals surface area contributed by atoms with E-state index in [-0.39, 0.29) is 0 Å². The molecule has 1 heterocycles. The average Bonchev–Trinajstić information content (AvgIpc) is 3.41. The molecule has 0 amide bonds. The van der Waals surface area contributed by atoms with Crippen molar-refractivity contribution in [3.63, 3.8) is 0 Å². The predicted molar refractivity (Wildman–Crippen MR) is 130 cm³/mol. The first-order chi connectivity index (χ1) is 14.9. The lowest BCUT2D eigenvalue weighted by molar-refractivity contribution is 0.585. The summed E-state index contributed by atoms with van der Waals surface area (Å²) in [5.74, 6) is 0.966. The number of thiophene rings is 1. The summed E-state index contributed by atoms with van der Waals surface area (Å²) in [5, 5.41) is 1.83. The van der Waals surface area contributed by atoms with Crippen LogP contribution in [0.1, 0.15) is 46.7 Å². The molecule has 4 heteroatoms. The number of hydrogen-bond donors (Lipinski definition) is 0. The van der Waals surface area contributed by atoms with Crippen molar-refractivity contribution in [2.24, 2.45) is 0 Å². The van der Waals surface area contributed by atoms with E-state index in [1.165, 1.54) is 27.3 Å². The van der Waals surface area contributed by atoms with Gasteiger partial charge in [0.15, 0.2) is 9.84 Å². The largest absolute Gasteiger partial charge is 0.223 e. The van der Waals surface area contributed by atoms with Gasteiger partial charge in [0, 0.05) is 10.8 Å². The molecular formula is C27H26O2S2. The smallest absolute Gasteiger partial charge is 0.190 e. The molecule has 0 saturated heterocycles. The third-order valence-corrected chi connectivity index (χ3v) is 10.3. The minimum atomic E-state index is -3.36. The van der Waals surface area contributed by atoms with Crippen molar-refractivity contribution in [2.75, 3.05) is 0 Å². The molecule has 0 aliphatic heterocycles. The van der Waals surface area contributed by atoms with Crippen LogP contribution in [0, 0.1) is 6.92 Å². The number of sulfone groups is 1. The van der Waals surface area contributed by atoms with Crippen LogP contribution in [0.25, 0.3) is 10.8 Å². The van der Waals surface area contributed by atoms with Crippen molar-refractivity contribution in [1.29, 1.82) is 0 Å². The number of fused-ring (bicyclic) bond motifs is 1. The Balaban J connectivity index is 1.34. The molecule has 1 aliphatic rings. The van der Waals surface area contributed by atoms with Crippen LogP contribution in [-0.4, -0.2) is 13.7 Å². The Labute approximate surface area is 188 Å². The van der Waals surface area contributed by atoms with Crippen LogP contribution in [0.4, 0.5) is 0 Å². The van der Waals surface area contributed by atoms with Gasteiger partial charge in [0.05, 0.1) is 5.25 Å². The molecule has 3 atom stereocenters. The molecule has 31 heavy (non-hydrogen) atoms. The number of benzene rings is 3. The van der Waals surface area contributed by atoms with Crippen LogP contribution in [0.15, 0.2) is 83.1 Å². The summed E-state index contributed by atoms with van der Waals surface area (Å²) in [7, 11) is -3.36. The van der Waals surface area contributed by atoms with Gasteiger partial charge in [0.25, 0.3) is 0 Å². The highest BCUT2D eigenvalue weighted by molar-refractivity contribution is 7.94. The summed E-state index contributed by atoms with van der Waals surface area (Å²) < 4.78 is 27.2. The Morgan fingerprint density at radius 1 is 0.903 bits per heavy atom. The number of hydrogen-bond acceptors (Lipinski definition) is 3. The third-order valence-electron chi connectivity index (χ3n) is 6.46. The van der Waals surface area contributed by atoms with E-state index in [0.29, 0.717) is 22.5 Å². The molecule has 3 aromatic carbocycles. The highest BCUT2D eigenvalue weighted by Gasteiger charge is 2.41. The molecule has 1 aliphatic carbocycles. The van der Waals surface area contributed by atoms with E-state index < -0.39 is 15.1 Å². The molecule has 2 nitrogen and oxygen atoms in total. The Kier molecular flexibility index (Phi) is 5.23. The Morgan fingerprint density at radius 3 is 2.45 bits per heavy atom. The van der Waals surface area contributed by atoms with Crippen molar-refractivity contribution < 1.29 is 8.42 Å². The summed E-state index contributed by atoms with van der Waals surface area (Å²) in [6, 6.07) is 26.9. The fourth-order valence-electron chi connectivity index (χ4n) is 4.47. The van der Waals surface area contributed by atoms with Gasteiger partial charge in [-0.25, -0.2) is 8.42 Å². The molecule has 4 aromatic rings. The maximum atomic E-state index is 13.3. The first kappa shape index (κ1) is 20.5. The van der Waals surface area contributed by atoms with Crippen LogP contribution in [-0.2, 0) is 16.3 Å². The molecule has 0 N–H and O–H groups in total. The summed E-state index contributed by atoms with van der Waals surface area (Å²) in [6.45, 7) is 3.94. The zero-order valence-electron chi connectivity index (χ0n) is 17.8. The molecule has 158 valence electrons. The SMILES string of the molecule is Cc1ccc(C2CC2c2ccc(S(=O)(=O)C(C)Cc3cccc4ccccc34)s2)cc1. The van der Waals surface area contributed by atoms with Crippen LogP contribution in [0.2, 0.25) is 0 Å². The summed E-state index contributed by atoms with van der Waals surface area (Å²) in [4.78, 5) is 1.20. The van der Waals surface area contributed by atoms with Crippen LogP contribution < -0.4 is 0 Å². The molecule has 0 bridgehead atoms. The molecule has 1 aromatic heterocycles. The van der Waals surface area contributed by atoms with Gasteiger partial charge in [-0.3, -0.25) is 0 Å². The maximum Gasteiger partial charge on any atom is 0.190 e. The molecule has 1 fully saturated rings. The van der Waals surface area contributed by atoms with Gasteiger partial charge in [-0.2, -0.15) is 0 Å². The molecule has 0 spiro atoms. The monoisotopic (exact) mass is 446 g/mol. The van der Waals surface area contributed by atoms with Crippen molar-refractivity contribution in [3.8, 4) is 0 Å². The van der Waals surface area contributed by atoms with Gasteiger partial charge >= 0.3 is 0 Å². The summed E-state index contributed by atoms with van der Waals surface area (Å²) >= 11 is 1.47. The van der Waals surface area contributed by atoms with Gasteiger partial charge in [-0.1, -0.05) is 72.3 Å². The summed E-state index contributed by atoms with van der Waals surface area (Å²) in [5.41, 5.74) is 3.72. The molecule has 3 unspecified atom stereocenters. The molecule has 5 rings (SSSR count). The third kappa shape index (κ3) is 3.95. The maximum absolute atomic E-state index is 13.3. The summed E-state index contributed by atoms with van der Waals surface area (Å²) in [6.07, 6.45) is 1.63. The van der Waals surface area contributed by atoms with E-state index >= 15 is 0 Å². The van der Waals surface area contributed by atoms with Gasteiger partial charge < -0.3 is 0 Å². The van der Waals surface area contributed by atoms with Crippen LogP contribution >= 0.6 is 11.3 Å². The zero-order chi connectivity index (χ0) is 21.6. The number of rotatable bonds is 6. The van der Waals surface area contributed by atoms with Gasteiger partial charge in [-0.05, 0) is 66.6 Å². The predicted octanol–water partition coefficient (Wildman–Crippen LogP) is 6.89. The van der Waals surface area contributed by atoms with Crippen molar-refractivity contribution in [1.82, 2.24) is 0 Å². The molecule has 1 saturated carbocycles. The second-order valence-corrected chi connectivity index (χ2v) is 12.4. The van der Waals surface area contributed by atoms with Crippen LogP contribution in [0.5, 0.6) is 0 Å². The average molecular weight is 447 g/mol. The van der Waals surface area contributed by atoms with Crippen molar-refractivity contribution >= 4 is 31.9 Å². The standard InChI is InChI=1S/C27H26O2S2/c1-18-10-12-21(13-11-18)24-17-25(24)26-14-15-27(30-26)31(28,29)19(2)16-22-8-5-7-20-6-3-4-9-23(20)22/h3-15,19,24-25H,16-17H2,1-2H3. The first-order valence-electron chi connectivity index (χ1n) is 10.8. The Morgan fingerprint density at radius 2 is 1.65 bits per heavy atom. The number of aryl methyl sites for hydroxylation is 1. The Hall–Kier alpha value is -2.43. The van der Waals surface area contributed by atoms with E-state index in [1.54, 1.807) is 0 Å². The van der Waals surface area contributed by atoms with Crippen LogP contribution in [0.3, 0.4) is 0 Å². The van der Waals surface area contributed by atoms with E-state index in [2.05, 4.69) is 49.4 Å². The van der Waals surface area contributed by atoms with Gasteiger partial charge in [0.1, 0.15) is 4.21 Å². The lowest BCUT2D eigenvalue weighted by Crippen LogP contribution is -2.19.